The van der Waals surface area contributed by atoms with E-state index in [1.54, 1.807) is 12.1 Å². The van der Waals surface area contributed by atoms with Crippen molar-refractivity contribution in [2.45, 2.75) is 12.2 Å². The molecule has 0 spiro atoms. The number of rotatable bonds is 2. The zero-order chi connectivity index (χ0) is 10.2. The van der Waals surface area contributed by atoms with Crippen LogP contribution in [0.1, 0.15) is 12.2 Å². The lowest BCUT2D eigenvalue weighted by Gasteiger charge is -2.12. The molecule has 74 valence electrons. The van der Waals surface area contributed by atoms with E-state index in [0.29, 0.717) is 11.5 Å². The molecule has 0 aromatic carbocycles. The van der Waals surface area contributed by atoms with Crippen molar-refractivity contribution in [1.29, 1.82) is 0 Å². The summed E-state index contributed by atoms with van der Waals surface area (Å²) in [5.41, 5.74) is 0.513. The van der Waals surface area contributed by atoms with Crippen LogP contribution in [0.3, 0.4) is 0 Å². The van der Waals surface area contributed by atoms with Gasteiger partial charge in [0.15, 0.2) is 11.0 Å². The van der Waals surface area contributed by atoms with Gasteiger partial charge in [-0.1, -0.05) is 11.7 Å². The molecule has 1 aliphatic heterocycles. The normalized spacial score (nSPS) is 25.7. The first kappa shape index (κ1) is 9.30. The molecule has 1 aromatic heterocycles. The molecular weight excluding hydrogens is 206 g/mol. The minimum atomic E-state index is -1.42. The van der Waals surface area contributed by atoms with Crippen LogP contribution in [0.15, 0.2) is 34.4 Å². The van der Waals surface area contributed by atoms with Gasteiger partial charge in [-0.05, 0) is 29.8 Å². The number of hydrogen-bond acceptors (Lipinski definition) is 4. The van der Waals surface area contributed by atoms with E-state index in [4.69, 9.17) is 20.9 Å². The van der Waals surface area contributed by atoms with Crippen molar-refractivity contribution in [3.63, 3.8) is 0 Å². The van der Waals surface area contributed by atoms with Crippen LogP contribution in [-0.2, 0) is 4.84 Å². The quantitative estimate of drug-likeness (QED) is 0.764. The summed E-state index contributed by atoms with van der Waals surface area (Å²) in [6.07, 6.45) is 1.49. The maximum Gasteiger partial charge on any atom is 0.259 e. The van der Waals surface area contributed by atoms with E-state index >= 15 is 0 Å². The summed E-state index contributed by atoms with van der Waals surface area (Å²) in [5.74, 6) is -0.929. The molecule has 1 atom stereocenters. The third-order valence-corrected chi connectivity index (χ3v) is 2.11. The average Bonchev–Trinajstić information content (AvgIpc) is 2.73. The molecule has 5 heteroatoms. The number of furan rings is 1. The van der Waals surface area contributed by atoms with Crippen molar-refractivity contribution in [3.05, 3.63) is 35.8 Å². The Morgan fingerprint density at radius 3 is 2.93 bits per heavy atom. The molecule has 0 unspecified atom stereocenters. The monoisotopic (exact) mass is 213 g/mol. The summed E-state index contributed by atoms with van der Waals surface area (Å²) in [5, 5.41) is 13.6. The number of aliphatic hydroxyl groups is 1. The van der Waals surface area contributed by atoms with Gasteiger partial charge in [-0.25, -0.2) is 0 Å². The molecule has 0 saturated heterocycles. The number of nitrogens with zero attached hydrogens (tertiary/aromatic N) is 1. The summed E-state index contributed by atoms with van der Waals surface area (Å²) in [4.78, 5) is 4.79. The highest BCUT2D eigenvalue weighted by molar-refractivity contribution is 6.29. The van der Waals surface area contributed by atoms with E-state index < -0.39 is 5.79 Å². The van der Waals surface area contributed by atoms with Crippen molar-refractivity contribution in [2.75, 3.05) is 0 Å². The van der Waals surface area contributed by atoms with Gasteiger partial charge >= 0.3 is 0 Å². The predicted octanol–water partition coefficient (Wildman–Crippen LogP) is 1.93. The summed E-state index contributed by atoms with van der Waals surface area (Å²) >= 11 is 5.60. The Morgan fingerprint density at radius 2 is 2.43 bits per heavy atom. The molecule has 1 aliphatic rings. The Hall–Kier alpha value is -1.26. The SMILES string of the molecule is C=C[C@]1(O)CC(c2ccc(Cl)o2)=NO1. The van der Waals surface area contributed by atoms with Crippen molar-refractivity contribution in [1.82, 2.24) is 0 Å². The fraction of sp³-hybridized carbons (Fsp3) is 0.222. The molecule has 0 aliphatic carbocycles. The van der Waals surface area contributed by atoms with Crippen LogP contribution < -0.4 is 0 Å². The Morgan fingerprint density at radius 1 is 1.64 bits per heavy atom. The molecule has 2 rings (SSSR count). The van der Waals surface area contributed by atoms with E-state index in [1.807, 2.05) is 0 Å². The second kappa shape index (κ2) is 3.15. The number of oxime groups is 1. The average molecular weight is 214 g/mol. The minimum Gasteiger partial charge on any atom is -0.443 e. The van der Waals surface area contributed by atoms with Crippen LogP contribution in [-0.4, -0.2) is 16.6 Å². The summed E-state index contributed by atoms with van der Waals surface area (Å²) in [6.45, 7) is 3.44. The van der Waals surface area contributed by atoms with Crippen LogP contribution in [0.25, 0.3) is 0 Å². The van der Waals surface area contributed by atoms with Gasteiger partial charge < -0.3 is 14.4 Å². The van der Waals surface area contributed by atoms with Gasteiger partial charge in [0.25, 0.3) is 5.79 Å². The van der Waals surface area contributed by atoms with Crippen molar-refractivity contribution >= 4 is 17.3 Å². The first-order valence-electron chi connectivity index (χ1n) is 4.00. The van der Waals surface area contributed by atoms with E-state index in [2.05, 4.69) is 11.7 Å². The van der Waals surface area contributed by atoms with Gasteiger partial charge in [-0.2, -0.15) is 0 Å². The van der Waals surface area contributed by atoms with Crippen molar-refractivity contribution < 1.29 is 14.4 Å². The molecule has 2 heterocycles. The minimum absolute atomic E-state index is 0.209. The lowest BCUT2D eigenvalue weighted by Crippen LogP contribution is -2.24. The van der Waals surface area contributed by atoms with Gasteiger partial charge in [0.1, 0.15) is 5.71 Å². The first-order valence-corrected chi connectivity index (χ1v) is 4.37. The van der Waals surface area contributed by atoms with E-state index in [-0.39, 0.29) is 11.6 Å². The Kier molecular flexibility index (Phi) is 2.09. The van der Waals surface area contributed by atoms with Crippen LogP contribution in [0.4, 0.5) is 0 Å². The summed E-state index contributed by atoms with van der Waals surface area (Å²) < 4.78 is 5.11. The smallest absolute Gasteiger partial charge is 0.259 e. The second-order valence-electron chi connectivity index (χ2n) is 2.96. The molecule has 0 radical (unpaired) electrons. The summed E-state index contributed by atoms with van der Waals surface area (Å²) in [6, 6.07) is 3.27. The molecule has 4 nitrogen and oxygen atoms in total. The van der Waals surface area contributed by atoms with Crippen molar-refractivity contribution in [3.8, 4) is 0 Å². The van der Waals surface area contributed by atoms with Gasteiger partial charge in [0.05, 0.1) is 6.42 Å². The van der Waals surface area contributed by atoms with Gasteiger partial charge in [-0.3, -0.25) is 0 Å². The largest absolute Gasteiger partial charge is 0.443 e. The molecule has 14 heavy (non-hydrogen) atoms. The maximum atomic E-state index is 9.61. The predicted molar refractivity (Wildman–Crippen MR) is 51.1 cm³/mol. The highest BCUT2D eigenvalue weighted by Gasteiger charge is 2.35. The van der Waals surface area contributed by atoms with Crippen molar-refractivity contribution in [2.24, 2.45) is 5.16 Å². The Labute approximate surface area is 85.4 Å². The molecule has 0 bridgehead atoms. The zero-order valence-electron chi connectivity index (χ0n) is 7.24. The zero-order valence-corrected chi connectivity index (χ0v) is 7.99. The molecule has 1 N–H and O–H groups in total. The highest BCUT2D eigenvalue weighted by Crippen LogP contribution is 2.26. The van der Waals surface area contributed by atoms with Gasteiger partial charge in [0.2, 0.25) is 0 Å². The standard InChI is InChI=1S/C9H8ClNO3/c1-2-9(12)5-6(11-14-9)7-3-4-8(10)13-7/h2-4,12H,1,5H2/t9-/m1/s1. The van der Waals surface area contributed by atoms with Gasteiger partial charge in [-0.15, -0.1) is 0 Å². The molecule has 1 aromatic rings. The van der Waals surface area contributed by atoms with Crippen LogP contribution in [0.2, 0.25) is 5.22 Å². The van der Waals surface area contributed by atoms with E-state index in [1.165, 1.54) is 6.08 Å². The lowest BCUT2D eigenvalue weighted by molar-refractivity contribution is -0.146. The molecular formula is C9H8ClNO3. The summed E-state index contributed by atoms with van der Waals surface area (Å²) in [7, 11) is 0. The first-order chi connectivity index (χ1) is 6.63. The molecule has 0 saturated carbocycles. The highest BCUT2D eigenvalue weighted by atomic mass is 35.5. The van der Waals surface area contributed by atoms with E-state index in [0.717, 1.165) is 0 Å². The number of hydrogen-bond donors (Lipinski definition) is 1. The Balaban J connectivity index is 2.20. The third kappa shape index (κ3) is 1.54. The molecule has 0 amide bonds. The fourth-order valence-corrected chi connectivity index (χ4v) is 1.30. The van der Waals surface area contributed by atoms with Crippen LogP contribution in [0, 0.1) is 0 Å². The van der Waals surface area contributed by atoms with E-state index in [9.17, 15) is 5.11 Å². The van der Waals surface area contributed by atoms with Gasteiger partial charge in [0, 0.05) is 0 Å². The number of halogens is 1. The third-order valence-electron chi connectivity index (χ3n) is 1.91. The fourth-order valence-electron chi connectivity index (χ4n) is 1.15. The maximum absolute atomic E-state index is 9.61. The Bertz CT molecular complexity index is 399. The second-order valence-corrected chi connectivity index (χ2v) is 3.33. The molecule has 0 fully saturated rings. The lowest BCUT2D eigenvalue weighted by atomic mass is 10.1. The topological polar surface area (TPSA) is 55.0 Å². The van der Waals surface area contributed by atoms with Crippen LogP contribution in [0.5, 0.6) is 0 Å². The van der Waals surface area contributed by atoms with Crippen LogP contribution >= 0.6 is 11.6 Å².